The first-order chi connectivity index (χ1) is 17.5. The molecule has 1 rings (SSSR count). The molecule has 0 spiro atoms. The fraction of sp³-hybridized carbons (Fsp3) is 0.929. The van der Waals surface area contributed by atoms with Crippen molar-refractivity contribution in [1.29, 1.82) is 0 Å². The van der Waals surface area contributed by atoms with E-state index in [-0.39, 0.29) is 19.6 Å². The molecule has 0 radical (unpaired) electrons. The van der Waals surface area contributed by atoms with Gasteiger partial charge in [-0.1, -0.05) is 78.1 Å². The lowest BCUT2D eigenvalue weighted by Crippen LogP contribution is -2.51. The zero-order valence-electron chi connectivity index (χ0n) is 23.2. The minimum atomic E-state index is -1.15. The summed E-state index contributed by atoms with van der Waals surface area (Å²) in [5, 5.41) is 10.5. The van der Waals surface area contributed by atoms with Crippen molar-refractivity contribution in [3.05, 3.63) is 0 Å². The highest BCUT2D eigenvalue weighted by molar-refractivity contribution is 5.77. The van der Waals surface area contributed by atoms with E-state index in [0.29, 0.717) is 12.8 Å². The smallest absolute Gasteiger partial charge is 0.338 e. The molecule has 0 aromatic heterocycles. The number of rotatable bonds is 21. The predicted octanol–water partition coefficient (Wildman–Crippen LogP) is 5.82. The van der Waals surface area contributed by atoms with E-state index in [1.807, 2.05) is 0 Å². The van der Waals surface area contributed by atoms with Crippen molar-refractivity contribution >= 4 is 11.9 Å². The first-order valence-electron chi connectivity index (χ1n) is 14.4. The van der Waals surface area contributed by atoms with Crippen molar-refractivity contribution in [1.82, 2.24) is 0 Å². The average molecular weight is 517 g/mol. The largest absolute Gasteiger partial charge is 0.464 e. The van der Waals surface area contributed by atoms with Crippen LogP contribution < -0.4 is 0 Å². The van der Waals surface area contributed by atoms with Crippen molar-refractivity contribution in [2.45, 2.75) is 155 Å². The summed E-state index contributed by atoms with van der Waals surface area (Å²) < 4.78 is 28.2. The van der Waals surface area contributed by atoms with E-state index in [4.69, 9.17) is 23.7 Å². The molecule has 212 valence electrons. The van der Waals surface area contributed by atoms with Crippen LogP contribution in [0.2, 0.25) is 0 Å². The standard InChI is InChI=1S/C28H52O8/c1-5-9-11-13-15-17-19-24(29)36-26(28(31)33-8-4)22-21-23(27(30)32-7-3)35-25(34-22)20-18-16-14-12-10-6-2/h22-26,29H,5-21H2,1-4H3/t22-,23-,24?,25?,26+/m1/s1. The van der Waals surface area contributed by atoms with Crippen LogP contribution in [0.25, 0.3) is 0 Å². The SMILES string of the molecule is CCCCCCCCC(O)O[C@H](C(=O)OCC)[C@H]1C[C@H](C(=O)OCC)OC(CCCCCCCC)O1. The quantitative estimate of drug-likeness (QED) is 0.116. The van der Waals surface area contributed by atoms with Crippen LogP contribution in [-0.2, 0) is 33.3 Å². The van der Waals surface area contributed by atoms with E-state index >= 15 is 0 Å². The Morgan fingerprint density at radius 2 is 1.39 bits per heavy atom. The molecule has 8 nitrogen and oxygen atoms in total. The number of esters is 2. The van der Waals surface area contributed by atoms with Crippen molar-refractivity contribution in [3.8, 4) is 0 Å². The highest BCUT2D eigenvalue weighted by Gasteiger charge is 2.43. The normalized spacial score (nSPS) is 21.6. The Labute approximate surface area is 218 Å². The summed E-state index contributed by atoms with van der Waals surface area (Å²) in [6, 6.07) is 0. The number of hydrogen-bond donors (Lipinski definition) is 1. The van der Waals surface area contributed by atoms with E-state index in [2.05, 4.69) is 13.8 Å². The van der Waals surface area contributed by atoms with Gasteiger partial charge in [0.1, 0.15) is 6.10 Å². The van der Waals surface area contributed by atoms with E-state index in [1.54, 1.807) is 13.8 Å². The molecule has 8 heteroatoms. The fourth-order valence-corrected chi connectivity index (χ4v) is 4.40. The summed E-state index contributed by atoms with van der Waals surface area (Å²) in [5.74, 6) is -1.08. The van der Waals surface area contributed by atoms with Crippen LogP contribution in [0, 0.1) is 0 Å². The molecule has 0 aromatic rings. The van der Waals surface area contributed by atoms with Crippen molar-refractivity contribution in [3.63, 3.8) is 0 Å². The third kappa shape index (κ3) is 13.9. The number of unbranched alkanes of at least 4 members (excludes halogenated alkanes) is 10. The second kappa shape index (κ2) is 20.8. The van der Waals surface area contributed by atoms with Crippen LogP contribution in [0.15, 0.2) is 0 Å². The lowest BCUT2D eigenvalue weighted by Gasteiger charge is -2.37. The maximum atomic E-state index is 12.8. The summed E-state index contributed by atoms with van der Waals surface area (Å²) in [7, 11) is 0. The van der Waals surface area contributed by atoms with Gasteiger partial charge in [-0.3, -0.25) is 0 Å². The maximum Gasteiger partial charge on any atom is 0.338 e. The number of carbonyl (C=O) groups excluding carboxylic acids is 2. The van der Waals surface area contributed by atoms with Gasteiger partial charge in [-0.2, -0.15) is 0 Å². The molecule has 0 saturated carbocycles. The van der Waals surface area contributed by atoms with Crippen LogP contribution in [0.5, 0.6) is 0 Å². The number of ether oxygens (including phenoxy) is 5. The van der Waals surface area contributed by atoms with E-state index in [9.17, 15) is 14.7 Å². The molecule has 5 atom stereocenters. The van der Waals surface area contributed by atoms with Gasteiger partial charge in [-0.15, -0.1) is 0 Å². The summed E-state index contributed by atoms with van der Waals surface area (Å²) >= 11 is 0. The van der Waals surface area contributed by atoms with Gasteiger partial charge in [0.05, 0.1) is 13.2 Å². The highest BCUT2D eigenvalue weighted by Crippen LogP contribution is 2.28. The summed E-state index contributed by atoms with van der Waals surface area (Å²) in [5.41, 5.74) is 0. The van der Waals surface area contributed by atoms with E-state index < -0.39 is 42.8 Å². The Hall–Kier alpha value is -1.22. The minimum Gasteiger partial charge on any atom is -0.464 e. The summed E-state index contributed by atoms with van der Waals surface area (Å²) in [6.45, 7) is 8.24. The zero-order valence-corrected chi connectivity index (χ0v) is 23.2. The Morgan fingerprint density at radius 3 is 2.00 bits per heavy atom. The highest BCUT2D eigenvalue weighted by atomic mass is 16.7. The van der Waals surface area contributed by atoms with Gasteiger partial charge in [0.25, 0.3) is 0 Å². The third-order valence-corrected chi connectivity index (χ3v) is 6.40. The Morgan fingerprint density at radius 1 is 0.806 bits per heavy atom. The first-order valence-corrected chi connectivity index (χ1v) is 14.4. The Balaban J connectivity index is 2.78. The Bertz CT molecular complexity index is 570. The molecule has 1 heterocycles. The van der Waals surface area contributed by atoms with Gasteiger partial charge in [0.15, 0.2) is 24.8 Å². The molecule has 1 aliphatic heterocycles. The molecule has 0 aliphatic carbocycles. The molecular weight excluding hydrogens is 464 g/mol. The molecule has 2 unspecified atom stereocenters. The second-order valence-electron chi connectivity index (χ2n) is 9.59. The molecule has 1 N–H and O–H groups in total. The lowest BCUT2D eigenvalue weighted by molar-refractivity contribution is -0.279. The molecule has 0 amide bonds. The summed E-state index contributed by atoms with van der Waals surface area (Å²) in [6.07, 6.45) is 9.79. The molecule has 36 heavy (non-hydrogen) atoms. The van der Waals surface area contributed by atoms with Gasteiger partial charge in [-0.25, -0.2) is 9.59 Å². The number of aliphatic hydroxyl groups is 1. The molecular formula is C28H52O8. The van der Waals surface area contributed by atoms with Gasteiger partial charge < -0.3 is 28.8 Å². The number of hydrogen-bond acceptors (Lipinski definition) is 8. The first kappa shape index (κ1) is 32.8. The van der Waals surface area contributed by atoms with Crippen LogP contribution in [0.3, 0.4) is 0 Å². The van der Waals surface area contributed by atoms with Gasteiger partial charge >= 0.3 is 11.9 Å². The minimum absolute atomic E-state index is 0.0963. The van der Waals surface area contributed by atoms with Crippen LogP contribution >= 0.6 is 0 Å². The van der Waals surface area contributed by atoms with Crippen LogP contribution in [0.4, 0.5) is 0 Å². The maximum absolute atomic E-state index is 12.8. The van der Waals surface area contributed by atoms with E-state index in [0.717, 1.165) is 38.5 Å². The third-order valence-electron chi connectivity index (χ3n) is 6.40. The van der Waals surface area contributed by atoms with E-state index in [1.165, 1.54) is 38.5 Å². The Kier molecular flexibility index (Phi) is 19.0. The molecule has 0 aromatic carbocycles. The van der Waals surface area contributed by atoms with Crippen LogP contribution in [-0.4, -0.2) is 61.2 Å². The zero-order chi connectivity index (χ0) is 26.6. The second-order valence-corrected chi connectivity index (χ2v) is 9.59. The molecule has 0 bridgehead atoms. The molecule has 1 aliphatic rings. The fourth-order valence-electron chi connectivity index (χ4n) is 4.40. The van der Waals surface area contributed by atoms with Crippen molar-refractivity contribution in [2.75, 3.05) is 13.2 Å². The van der Waals surface area contributed by atoms with Gasteiger partial charge in [0, 0.05) is 6.42 Å². The van der Waals surface area contributed by atoms with Gasteiger partial charge in [0.2, 0.25) is 0 Å². The van der Waals surface area contributed by atoms with Crippen molar-refractivity contribution in [2.24, 2.45) is 0 Å². The average Bonchev–Trinajstić information content (AvgIpc) is 2.86. The lowest BCUT2D eigenvalue weighted by atomic mass is 10.0. The summed E-state index contributed by atoms with van der Waals surface area (Å²) in [4.78, 5) is 25.3. The van der Waals surface area contributed by atoms with Gasteiger partial charge in [-0.05, 0) is 39.5 Å². The predicted molar refractivity (Wildman–Crippen MR) is 138 cm³/mol. The molecule has 1 fully saturated rings. The number of aliphatic hydroxyl groups excluding tert-OH is 1. The monoisotopic (exact) mass is 516 g/mol. The molecule has 1 saturated heterocycles. The van der Waals surface area contributed by atoms with Crippen molar-refractivity contribution < 1.29 is 38.4 Å². The van der Waals surface area contributed by atoms with Crippen LogP contribution in [0.1, 0.15) is 124 Å². The number of carbonyl (C=O) groups is 2. The topological polar surface area (TPSA) is 101 Å².